The molecule has 0 aliphatic heterocycles. The van der Waals surface area contributed by atoms with Gasteiger partial charge in [0.1, 0.15) is 0 Å². The van der Waals surface area contributed by atoms with E-state index in [9.17, 15) is 4.79 Å². The van der Waals surface area contributed by atoms with Crippen LogP contribution in [-0.4, -0.2) is 19.1 Å². The average molecular weight is 194 g/mol. The fourth-order valence-corrected chi connectivity index (χ4v) is 1.14. The second-order valence-corrected chi connectivity index (χ2v) is 2.97. The highest BCUT2D eigenvalue weighted by Crippen LogP contribution is 2.01. The maximum absolute atomic E-state index is 11.2. The predicted molar refractivity (Wildman–Crippen MR) is 53.3 cm³/mol. The molecule has 3 N–H and O–H groups in total. The zero-order valence-corrected chi connectivity index (χ0v) is 8.07. The Hall–Kier alpha value is -1.39. The zero-order valence-electron chi connectivity index (χ0n) is 8.07. The predicted octanol–water partition coefficient (Wildman–Crippen LogP) is 0.234. The van der Waals surface area contributed by atoms with Crippen molar-refractivity contribution in [2.75, 3.05) is 7.11 Å². The molecular formula is C10H14N2O2. The van der Waals surface area contributed by atoms with Crippen LogP contribution in [-0.2, 0) is 16.1 Å². The fraction of sp³-hybridized carbons (Fsp3) is 0.300. The van der Waals surface area contributed by atoms with Crippen molar-refractivity contribution >= 4 is 5.91 Å². The third-order valence-electron chi connectivity index (χ3n) is 1.84. The van der Waals surface area contributed by atoms with E-state index in [0.29, 0.717) is 6.42 Å². The van der Waals surface area contributed by atoms with Gasteiger partial charge in [-0.1, -0.05) is 30.3 Å². The molecule has 1 unspecified atom stereocenters. The Bertz CT molecular complexity index is 287. The lowest BCUT2D eigenvalue weighted by Gasteiger charge is -2.10. The van der Waals surface area contributed by atoms with Crippen molar-refractivity contribution in [2.45, 2.75) is 12.5 Å². The van der Waals surface area contributed by atoms with E-state index in [1.807, 2.05) is 30.3 Å². The van der Waals surface area contributed by atoms with Gasteiger partial charge in [-0.25, -0.2) is 5.48 Å². The summed E-state index contributed by atoms with van der Waals surface area (Å²) in [5, 5.41) is 0. The van der Waals surface area contributed by atoms with Gasteiger partial charge < -0.3 is 5.73 Å². The molecule has 0 saturated heterocycles. The van der Waals surface area contributed by atoms with Crippen LogP contribution in [0.15, 0.2) is 30.3 Å². The van der Waals surface area contributed by atoms with Gasteiger partial charge in [0.2, 0.25) is 0 Å². The SMILES string of the molecule is CONC(=O)C(N)Cc1ccccc1. The third kappa shape index (κ3) is 3.16. The number of rotatable bonds is 4. The Morgan fingerprint density at radius 3 is 2.71 bits per heavy atom. The molecule has 0 bridgehead atoms. The van der Waals surface area contributed by atoms with E-state index in [0.717, 1.165) is 5.56 Å². The van der Waals surface area contributed by atoms with Crippen LogP contribution in [0.1, 0.15) is 5.56 Å². The van der Waals surface area contributed by atoms with Crippen LogP contribution in [0.3, 0.4) is 0 Å². The smallest absolute Gasteiger partial charge is 0.260 e. The summed E-state index contributed by atoms with van der Waals surface area (Å²) in [7, 11) is 1.38. The lowest BCUT2D eigenvalue weighted by Crippen LogP contribution is -2.41. The lowest BCUT2D eigenvalue weighted by atomic mass is 10.1. The van der Waals surface area contributed by atoms with E-state index in [1.54, 1.807) is 0 Å². The Morgan fingerprint density at radius 2 is 2.14 bits per heavy atom. The van der Waals surface area contributed by atoms with Crippen LogP contribution in [0.4, 0.5) is 0 Å². The number of amides is 1. The van der Waals surface area contributed by atoms with E-state index in [1.165, 1.54) is 7.11 Å². The monoisotopic (exact) mass is 194 g/mol. The van der Waals surface area contributed by atoms with Gasteiger partial charge >= 0.3 is 0 Å². The summed E-state index contributed by atoms with van der Waals surface area (Å²) < 4.78 is 0. The first-order valence-electron chi connectivity index (χ1n) is 4.36. The van der Waals surface area contributed by atoms with Crippen molar-refractivity contribution in [1.29, 1.82) is 0 Å². The minimum atomic E-state index is -0.572. The van der Waals surface area contributed by atoms with E-state index in [2.05, 4.69) is 10.3 Å². The van der Waals surface area contributed by atoms with Gasteiger partial charge in [0, 0.05) is 0 Å². The maximum atomic E-state index is 11.2. The molecule has 0 aliphatic carbocycles. The number of hydrogen-bond acceptors (Lipinski definition) is 3. The summed E-state index contributed by atoms with van der Waals surface area (Å²) in [6.07, 6.45) is 0.510. The highest BCUT2D eigenvalue weighted by atomic mass is 16.6. The third-order valence-corrected chi connectivity index (χ3v) is 1.84. The van der Waals surface area contributed by atoms with Crippen molar-refractivity contribution < 1.29 is 9.63 Å². The number of nitrogens with one attached hydrogen (secondary N) is 1. The average Bonchev–Trinajstić information content (AvgIpc) is 2.19. The highest BCUT2D eigenvalue weighted by molar-refractivity contribution is 5.80. The molecular weight excluding hydrogens is 180 g/mol. The van der Waals surface area contributed by atoms with E-state index < -0.39 is 6.04 Å². The molecule has 1 aromatic rings. The Kier molecular flexibility index (Phi) is 4.10. The molecule has 0 aliphatic rings. The second-order valence-electron chi connectivity index (χ2n) is 2.97. The largest absolute Gasteiger partial charge is 0.320 e. The molecule has 1 atom stereocenters. The molecule has 0 aromatic heterocycles. The van der Waals surface area contributed by atoms with Gasteiger partial charge in [-0.15, -0.1) is 0 Å². The molecule has 1 aromatic carbocycles. The molecule has 76 valence electrons. The number of carbonyl (C=O) groups is 1. The van der Waals surface area contributed by atoms with Gasteiger partial charge in [-0.05, 0) is 12.0 Å². The molecule has 4 nitrogen and oxygen atoms in total. The molecule has 4 heteroatoms. The van der Waals surface area contributed by atoms with Crippen molar-refractivity contribution in [3.8, 4) is 0 Å². The van der Waals surface area contributed by atoms with E-state index in [4.69, 9.17) is 5.73 Å². The van der Waals surface area contributed by atoms with Crippen molar-refractivity contribution in [3.63, 3.8) is 0 Å². The summed E-state index contributed by atoms with van der Waals surface area (Å²) >= 11 is 0. The first kappa shape index (κ1) is 10.7. The fourth-order valence-electron chi connectivity index (χ4n) is 1.14. The minimum absolute atomic E-state index is 0.309. The topological polar surface area (TPSA) is 64.3 Å². The van der Waals surface area contributed by atoms with Gasteiger partial charge in [-0.3, -0.25) is 9.63 Å². The molecule has 0 radical (unpaired) electrons. The maximum Gasteiger partial charge on any atom is 0.260 e. The van der Waals surface area contributed by atoms with E-state index in [-0.39, 0.29) is 5.91 Å². The summed E-state index contributed by atoms with van der Waals surface area (Å²) in [5.74, 6) is -0.309. The van der Waals surface area contributed by atoms with Crippen molar-refractivity contribution in [2.24, 2.45) is 5.73 Å². The van der Waals surface area contributed by atoms with Gasteiger partial charge in [0.25, 0.3) is 5.91 Å². The normalized spacial score (nSPS) is 12.1. The highest BCUT2D eigenvalue weighted by Gasteiger charge is 2.12. The molecule has 0 saturated carbocycles. The molecule has 1 amide bonds. The molecule has 0 fully saturated rings. The number of benzene rings is 1. The lowest BCUT2D eigenvalue weighted by molar-refractivity contribution is -0.132. The molecule has 14 heavy (non-hydrogen) atoms. The first-order chi connectivity index (χ1) is 6.74. The van der Waals surface area contributed by atoms with Crippen LogP contribution in [0.25, 0.3) is 0 Å². The standard InChI is InChI=1S/C10H14N2O2/c1-14-12-10(13)9(11)7-8-5-3-2-4-6-8/h2-6,9H,7,11H2,1H3,(H,12,13). The van der Waals surface area contributed by atoms with Crippen molar-refractivity contribution in [1.82, 2.24) is 5.48 Å². The quantitative estimate of drug-likeness (QED) is 0.674. The second kappa shape index (κ2) is 5.36. The van der Waals surface area contributed by atoms with Crippen LogP contribution in [0, 0.1) is 0 Å². The van der Waals surface area contributed by atoms with Crippen molar-refractivity contribution in [3.05, 3.63) is 35.9 Å². The van der Waals surface area contributed by atoms with Crippen LogP contribution < -0.4 is 11.2 Å². The number of carbonyl (C=O) groups excluding carboxylic acids is 1. The number of hydrogen-bond donors (Lipinski definition) is 2. The summed E-state index contributed by atoms with van der Waals surface area (Å²) in [6.45, 7) is 0. The van der Waals surface area contributed by atoms with E-state index >= 15 is 0 Å². The zero-order chi connectivity index (χ0) is 10.4. The molecule has 1 rings (SSSR count). The van der Waals surface area contributed by atoms with Crippen LogP contribution in [0.5, 0.6) is 0 Å². The molecule has 0 spiro atoms. The first-order valence-corrected chi connectivity index (χ1v) is 4.36. The Labute approximate surface area is 83.0 Å². The molecule has 0 heterocycles. The van der Waals surface area contributed by atoms with Gasteiger partial charge in [-0.2, -0.15) is 0 Å². The van der Waals surface area contributed by atoms with Gasteiger partial charge in [0.05, 0.1) is 13.2 Å². The van der Waals surface area contributed by atoms with Crippen LogP contribution >= 0.6 is 0 Å². The summed E-state index contributed by atoms with van der Waals surface area (Å²) in [4.78, 5) is 15.7. The van der Waals surface area contributed by atoms with Gasteiger partial charge in [0.15, 0.2) is 0 Å². The Balaban J connectivity index is 2.49. The summed E-state index contributed by atoms with van der Waals surface area (Å²) in [6, 6.07) is 9.04. The minimum Gasteiger partial charge on any atom is -0.320 e. The number of nitrogens with two attached hydrogens (primary N) is 1. The van der Waals surface area contributed by atoms with Crippen LogP contribution in [0.2, 0.25) is 0 Å². The Morgan fingerprint density at radius 1 is 1.50 bits per heavy atom. The number of hydroxylamine groups is 1. The summed E-state index contributed by atoms with van der Waals surface area (Å²) in [5.41, 5.74) is 8.88.